The maximum absolute atomic E-state index is 13.1. The molecule has 0 aromatic heterocycles. The molecule has 0 unspecified atom stereocenters. The van der Waals surface area contributed by atoms with Crippen molar-refractivity contribution < 1.29 is 38.4 Å². The number of hydrogen-bond acceptors (Lipinski definition) is 8. The van der Waals surface area contributed by atoms with Gasteiger partial charge in [-0.2, -0.15) is 0 Å². The van der Waals surface area contributed by atoms with Crippen LogP contribution in [0.3, 0.4) is 0 Å². The topological polar surface area (TPSA) is 137 Å². The third kappa shape index (κ3) is 1.82. The first-order valence-corrected chi connectivity index (χ1v) is 7.38. The molecule has 1 aliphatic rings. The summed E-state index contributed by atoms with van der Waals surface area (Å²) in [6.07, 6.45) is 0. The van der Waals surface area contributed by atoms with Gasteiger partial charge >= 0.3 is 0 Å². The number of carbonyl (C=O) groups is 8. The highest BCUT2D eigenvalue weighted by molar-refractivity contribution is 6.57. The molecule has 0 saturated heterocycles. The van der Waals surface area contributed by atoms with Crippen LogP contribution in [0.4, 0.5) is 0 Å². The van der Waals surface area contributed by atoms with Crippen molar-refractivity contribution in [3.63, 3.8) is 0 Å². The highest BCUT2D eigenvalue weighted by Crippen LogP contribution is 2.58. The van der Waals surface area contributed by atoms with E-state index in [0.717, 1.165) is 41.5 Å². The molecule has 1 aliphatic carbocycles. The van der Waals surface area contributed by atoms with Crippen molar-refractivity contribution in [3.8, 4) is 0 Å². The molecule has 0 aromatic rings. The van der Waals surface area contributed by atoms with Gasteiger partial charge in [-0.25, -0.2) is 0 Å². The predicted octanol–water partition coefficient (Wildman–Crippen LogP) is -0.369. The summed E-state index contributed by atoms with van der Waals surface area (Å²) < 4.78 is 0. The minimum Gasteiger partial charge on any atom is -0.298 e. The summed E-state index contributed by atoms with van der Waals surface area (Å²) in [6, 6.07) is 0. The van der Waals surface area contributed by atoms with Gasteiger partial charge in [0.15, 0.2) is 57.1 Å². The molecular formula is C17H18O8. The lowest BCUT2D eigenvalue weighted by atomic mass is 9.57. The number of hydrogen-bond donors (Lipinski definition) is 0. The van der Waals surface area contributed by atoms with Gasteiger partial charge < -0.3 is 0 Å². The second-order valence-electron chi connectivity index (χ2n) is 6.25. The first kappa shape index (κ1) is 20.4. The van der Waals surface area contributed by atoms with E-state index in [0.29, 0.717) is 0 Å². The highest BCUT2D eigenvalue weighted by Gasteiger charge is 2.85. The zero-order valence-electron chi connectivity index (χ0n) is 14.8. The molecule has 0 amide bonds. The minimum atomic E-state index is -3.03. The predicted molar refractivity (Wildman–Crippen MR) is 81.4 cm³/mol. The molecule has 1 rings (SSSR count). The Balaban J connectivity index is 4.40. The Labute approximate surface area is 143 Å². The van der Waals surface area contributed by atoms with Gasteiger partial charge in [0, 0.05) is 0 Å². The minimum absolute atomic E-state index is 0.762. The molecule has 0 N–H and O–H groups in total. The molecule has 0 bridgehead atoms. The summed E-state index contributed by atoms with van der Waals surface area (Å²) in [6.45, 7) is 4.59. The van der Waals surface area contributed by atoms with E-state index in [1.165, 1.54) is 0 Å². The van der Waals surface area contributed by atoms with Crippen LogP contribution >= 0.6 is 0 Å². The van der Waals surface area contributed by atoms with Crippen LogP contribution < -0.4 is 0 Å². The van der Waals surface area contributed by atoms with Gasteiger partial charge in [0.2, 0.25) is 5.41 Å². The molecule has 8 nitrogen and oxygen atoms in total. The van der Waals surface area contributed by atoms with Crippen LogP contribution in [0.15, 0.2) is 0 Å². The average molecular weight is 350 g/mol. The van der Waals surface area contributed by atoms with E-state index in [9.17, 15) is 38.4 Å². The summed E-state index contributed by atoms with van der Waals surface area (Å²) in [7, 11) is 0. The third-order valence-electron chi connectivity index (χ3n) is 5.09. The Hall–Kier alpha value is -2.64. The number of ketones is 8. The zero-order chi connectivity index (χ0) is 20.1. The van der Waals surface area contributed by atoms with Crippen molar-refractivity contribution in [3.05, 3.63) is 0 Å². The van der Waals surface area contributed by atoms with E-state index in [2.05, 4.69) is 0 Å². The Morgan fingerprint density at radius 1 is 0.480 bits per heavy atom. The van der Waals surface area contributed by atoms with Gasteiger partial charge in [0.1, 0.15) is 0 Å². The lowest BCUT2D eigenvalue weighted by Gasteiger charge is -2.35. The molecule has 1 saturated carbocycles. The standard InChI is InChI=1S/C17H18O8/c1-7(18)15(8(2)19)13(24)16(9(3)20,10(4)21)17(11(5)22,12(6)23)14(15)25/h1-6H3. The van der Waals surface area contributed by atoms with Crippen LogP contribution in [0.25, 0.3) is 0 Å². The Kier molecular flexibility index (Phi) is 4.66. The van der Waals surface area contributed by atoms with E-state index in [-0.39, 0.29) is 0 Å². The van der Waals surface area contributed by atoms with Crippen LogP contribution in [0.1, 0.15) is 41.5 Å². The van der Waals surface area contributed by atoms with Crippen molar-refractivity contribution in [2.24, 2.45) is 16.2 Å². The number of rotatable bonds is 6. The SMILES string of the molecule is CC(=O)C1(C(C)=O)C(=O)C(C(C)=O)(C(C)=O)C(C(C)=O)(C(C)=O)C1=O. The van der Waals surface area contributed by atoms with Gasteiger partial charge in [-0.1, -0.05) is 0 Å². The van der Waals surface area contributed by atoms with Crippen molar-refractivity contribution in [2.75, 3.05) is 0 Å². The van der Waals surface area contributed by atoms with Crippen LogP contribution in [-0.2, 0) is 38.4 Å². The fraction of sp³-hybridized carbons (Fsp3) is 0.529. The molecule has 25 heavy (non-hydrogen) atoms. The second kappa shape index (κ2) is 5.72. The van der Waals surface area contributed by atoms with E-state index in [1.54, 1.807) is 0 Å². The van der Waals surface area contributed by atoms with Crippen molar-refractivity contribution in [1.82, 2.24) is 0 Å². The third-order valence-corrected chi connectivity index (χ3v) is 5.09. The van der Waals surface area contributed by atoms with Crippen molar-refractivity contribution >= 4 is 46.3 Å². The van der Waals surface area contributed by atoms with Gasteiger partial charge in [-0.15, -0.1) is 0 Å². The number of Topliss-reactive ketones (excluding diaryl/α,β-unsaturated/α-hetero) is 8. The van der Waals surface area contributed by atoms with Crippen molar-refractivity contribution in [1.29, 1.82) is 0 Å². The lowest BCUT2D eigenvalue weighted by Crippen LogP contribution is -2.60. The smallest absolute Gasteiger partial charge is 0.205 e. The molecule has 0 aliphatic heterocycles. The largest absolute Gasteiger partial charge is 0.298 e. The molecule has 134 valence electrons. The van der Waals surface area contributed by atoms with Gasteiger partial charge in [-0.05, 0) is 41.5 Å². The maximum atomic E-state index is 13.1. The maximum Gasteiger partial charge on any atom is 0.205 e. The molecular weight excluding hydrogens is 332 g/mol. The highest BCUT2D eigenvalue weighted by atomic mass is 16.2. The van der Waals surface area contributed by atoms with Crippen molar-refractivity contribution in [2.45, 2.75) is 41.5 Å². The monoisotopic (exact) mass is 350 g/mol. The summed E-state index contributed by atoms with van der Waals surface area (Å²) in [5.41, 5.74) is -9.09. The van der Waals surface area contributed by atoms with Crippen LogP contribution in [0.5, 0.6) is 0 Å². The quantitative estimate of drug-likeness (QED) is 0.592. The molecule has 0 radical (unpaired) electrons. The van der Waals surface area contributed by atoms with Gasteiger partial charge in [0.25, 0.3) is 0 Å². The second-order valence-corrected chi connectivity index (χ2v) is 6.25. The molecule has 0 heterocycles. The zero-order valence-corrected chi connectivity index (χ0v) is 14.8. The van der Waals surface area contributed by atoms with Gasteiger partial charge in [-0.3, -0.25) is 38.4 Å². The summed E-state index contributed by atoms with van der Waals surface area (Å²) in [5, 5.41) is 0. The van der Waals surface area contributed by atoms with E-state index >= 15 is 0 Å². The Morgan fingerprint density at radius 3 is 0.800 bits per heavy atom. The van der Waals surface area contributed by atoms with E-state index in [4.69, 9.17) is 0 Å². The Bertz CT molecular complexity index is 688. The van der Waals surface area contributed by atoms with Crippen LogP contribution in [0, 0.1) is 16.2 Å². The molecule has 0 spiro atoms. The molecule has 0 atom stereocenters. The van der Waals surface area contributed by atoms with E-state index in [1.807, 2.05) is 0 Å². The molecule has 0 aromatic carbocycles. The molecule has 1 fully saturated rings. The van der Waals surface area contributed by atoms with Crippen LogP contribution in [0.2, 0.25) is 0 Å². The first-order chi connectivity index (χ1) is 11.2. The van der Waals surface area contributed by atoms with Gasteiger partial charge in [0.05, 0.1) is 0 Å². The first-order valence-electron chi connectivity index (χ1n) is 7.38. The number of carbonyl (C=O) groups excluding carboxylic acids is 8. The normalized spacial score (nSPS) is 20.1. The summed E-state index contributed by atoms with van der Waals surface area (Å²) in [4.78, 5) is 100. The summed E-state index contributed by atoms with van der Waals surface area (Å²) in [5.74, 6) is -10.7. The van der Waals surface area contributed by atoms with Crippen LogP contribution in [-0.4, -0.2) is 46.3 Å². The van der Waals surface area contributed by atoms with E-state index < -0.39 is 62.5 Å². The molecule has 8 heteroatoms. The lowest BCUT2D eigenvalue weighted by molar-refractivity contribution is -0.165. The fourth-order valence-electron chi connectivity index (χ4n) is 4.09. The fourth-order valence-corrected chi connectivity index (χ4v) is 4.09. The summed E-state index contributed by atoms with van der Waals surface area (Å²) >= 11 is 0. The average Bonchev–Trinajstić information content (AvgIpc) is 2.61. The Morgan fingerprint density at radius 2 is 0.680 bits per heavy atom.